The zero-order valence-electron chi connectivity index (χ0n) is 14.8. The summed E-state index contributed by atoms with van der Waals surface area (Å²) in [5.41, 5.74) is 7.08. The van der Waals surface area contributed by atoms with Crippen molar-refractivity contribution in [1.82, 2.24) is 9.80 Å². The summed E-state index contributed by atoms with van der Waals surface area (Å²) in [6, 6.07) is 0. The van der Waals surface area contributed by atoms with E-state index in [-0.39, 0.29) is 5.54 Å². The van der Waals surface area contributed by atoms with Crippen LogP contribution in [-0.2, 0) is 0 Å². The molecule has 2 aliphatic rings. The minimum atomic E-state index is 0.286. The van der Waals surface area contributed by atoms with Crippen LogP contribution >= 0.6 is 0 Å². The molecule has 2 fully saturated rings. The SMILES string of the molecule is CC(C)CN1CCC(CN)(N2CCCC(C)(C)CC2)CC1. The highest BCUT2D eigenvalue weighted by molar-refractivity contribution is 4.97. The Bertz CT molecular complexity index is 316. The first-order chi connectivity index (χ1) is 9.87. The average Bonchev–Trinajstić information content (AvgIpc) is 2.61. The van der Waals surface area contributed by atoms with Gasteiger partial charge in [-0.1, -0.05) is 27.7 Å². The molecule has 2 rings (SSSR count). The van der Waals surface area contributed by atoms with Crippen LogP contribution in [0.5, 0.6) is 0 Å². The molecule has 0 aromatic heterocycles. The molecule has 0 aromatic carbocycles. The topological polar surface area (TPSA) is 32.5 Å². The molecule has 0 spiro atoms. The summed E-state index contributed by atoms with van der Waals surface area (Å²) in [5, 5.41) is 0. The lowest BCUT2D eigenvalue weighted by Gasteiger charge is -2.48. The van der Waals surface area contributed by atoms with Crippen LogP contribution in [0, 0.1) is 11.3 Å². The van der Waals surface area contributed by atoms with E-state index in [2.05, 4.69) is 37.5 Å². The monoisotopic (exact) mass is 295 g/mol. The van der Waals surface area contributed by atoms with Gasteiger partial charge in [-0.3, -0.25) is 4.90 Å². The van der Waals surface area contributed by atoms with Crippen molar-refractivity contribution in [3.63, 3.8) is 0 Å². The third kappa shape index (κ3) is 4.43. The minimum absolute atomic E-state index is 0.286. The summed E-state index contributed by atoms with van der Waals surface area (Å²) in [6.45, 7) is 16.5. The molecular weight excluding hydrogens is 258 g/mol. The predicted octanol–water partition coefficient (Wildman–Crippen LogP) is 2.95. The number of likely N-dealkylation sites (tertiary alicyclic amines) is 2. The first-order valence-electron chi connectivity index (χ1n) is 9.04. The Morgan fingerprint density at radius 3 is 2.19 bits per heavy atom. The van der Waals surface area contributed by atoms with E-state index in [1.165, 1.54) is 64.8 Å². The van der Waals surface area contributed by atoms with Crippen molar-refractivity contribution in [2.24, 2.45) is 17.1 Å². The minimum Gasteiger partial charge on any atom is -0.329 e. The van der Waals surface area contributed by atoms with Gasteiger partial charge in [0.2, 0.25) is 0 Å². The van der Waals surface area contributed by atoms with Crippen LogP contribution in [0.2, 0.25) is 0 Å². The molecule has 0 saturated carbocycles. The Hall–Kier alpha value is -0.120. The van der Waals surface area contributed by atoms with Crippen LogP contribution in [-0.4, -0.2) is 54.6 Å². The van der Waals surface area contributed by atoms with E-state index in [0.717, 1.165) is 12.5 Å². The number of hydrogen-bond donors (Lipinski definition) is 1. The number of piperidine rings is 1. The average molecular weight is 296 g/mol. The molecule has 2 N–H and O–H groups in total. The van der Waals surface area contributed by atoms with E-state index >= 15 is 0 Å². The summed E-state index contributed by atoms with van der Waals surface area (Å²) < 4.78 is 0. The Labute approximate surface area is 132 Å². The van der Waals surface area contributed by atoms with Gasteiger partial charge in [0.15, 0.2) is 0 Å². The highest BCUT2D eigenvalue weighted by atomic mass is 15.2. The van der Waals surface area contributed by atoms with Gasteiger partial charge in [0.05, 0.1) is 0 Å². The number of nitrogens with zero attached hydrogens (tertiary/aromatic N) is 2. The van der Waals surface area contributed by atoms with E-state index < -0.39 is 0 Å². The van der Waals surface area contributed by atoms with Gasteiger partial charge in [-0.15, -0.1) is 0 Å². The smallest absolute Gasteiger partial charge is 0.0356 e. The van der Waals surface area contributed by atoms with Crippen LogP contribution in [0.15, 0.2) is 0 Å². The van der Waals surface area contributed by atoms with E-state index in [1.807, 2.05) is 0 Å². The van der Waals surface area contributed by atoms with Crippen LogP contribution in [0.25, 0.3) is 0 Å². The van der Waals surface area contributed by atoms with Gasteiger partial charge < -0.3 is 10.6 Å². The second kappa shape index (κ2) is 6.97. The highest BCUT2D eigenvalue weighted by Crippen LogP contribution is 2.35. The lowest BCUT2D eigenvalue weighted by atomic mass is 9.84. The van der Waals surface area contributed by atoms with Gasteiger partial charge in [-0.25, -0.2) is 0 Å². The van der Waals surface area contributed by atoms with Crippen molar-refractivity contribution in [3.05, 3.63) is 0 Å². The molecule has 3 nitrogen and oxygen atoms in total. The summed E-state index contributed by atoms with van der Waals surface area (Å²) >= 11 is 0. The van der Waals surface area contributed by atoms with Crippen LogP contribution in [0.3, 0.4) is 0 Å². The van der Waals surface area contributed by atoms with Crippen molar-refractivity contribution in [3.8, 4) is 0 Å². The molecule has 0 radical (unpaired) electrons. The van der Waals surface area contributed by atoms with Gasteiger partial charge in [-0.05, 0) is 69.6 Å². The molecule has 0 atom stereocenters. The third-order valence-corrected chi connectivity index (χ3v) is 5.80. The first-order valence-corrected chi connectivity index (χ1v) is 9.04. The largest absolute Gasteiger partial charge is 0.329 e. The fourth-order valence-corrected chi connectivity index (χ4v) is 4.21. The van der Waals surface area contributed by atoms with Gasteiger partial charge in [0.25, 0.3) is 0 Å². The highest BCUT2D eigenvalue weighted by Gasteiger charge is 2.40. The molecule has 0 aliphatic carbocycles. The summed E-state index contributed by atoms with van der Waals surface area (Å²) in [6.07, 6.45) is 6.55. The summed E-state index contributed by atoms with van der Waals surface area (Å²) in [4.78, 5) is 5.40. The van der Waals surface area contributed by atoms with Crippen LogP contribution in [0.1, 0.15) is 59.8 Å². The number of hydrogen-bond acceptors (Lipinski definition) is 3. The maximum Gasteiger partial charge on any atom is 0.0356 e. The van der Waals surface area contributed by atoms with E-state index in [0.29, 0.717) is 5.41 Å². The molecule has 3 heteroatoms. The molecule has 2 heterocycles. The Balaban J connectivity index is 1.96. The predicted molar refractivity (Wildman–Crippen MR) is 91.5 cm³/mol. The molecule has 2 saturated heterocycles. The normalized spacial score (nSPS) is 27.7. The molecule has 2 aliphatic heterocycles. The van der Waals surface area contributed by atoms with E-state index in [1.54, 1.807) is 0 Å². The van der Waals surface area contributed by atoms with Crippen molar-refractivity contribution in [1.29, 1.82) is 0 Å². The van der Waals surface area contributed by atoms with Crippen molar-refractivity contribution >= 4 is 0 Å². The maximum atomic E-state index is 6.27. The van der Waals surface area contributed by atoms with E-state index in [9.17, 15) is 0 Å². The second-order valence-electron chi connectivity index (χ2n) is 8.63. The molecule has 21 heavy (non-hydrogen) atoms. The molecular formula is C18H37N3. The van der Waals surface area contributed by atoms with Gasteiger partial charge in [0.1, 0.15) is 0 Å². The number of rotatable bonds is 4. The molecule has 0 amide bonds. The number of nitrogens with two attached hydrogens (primary N) is 1. The maximum absolute atomic E-state index is 6.27. The summed E-state index contributed by atoms with van der Waals surface area (Å²) in [5.74, 6) is 0.773. The zero-order chi connectivity index (χ0) is 15.5. The Kier molecular flexibility index (Phi) is 5.72. The lowest BCUT2D eigenvalue weighted by Crippen LogP contribution is -2.59. The van der Waals surface area contributed by atoms with Crippen molar-refractivity contribution < 1.29 is 0 Å². The van der Waals surface area contributed by atoms with E-state index in [4.69, 9.17) is 5.73 Å². The standard InChI is InChI=1S/C18H37N3/c1-16(2)14-20-11-8-18(15-19,9-12-20)21-10-5-6-17(3,4)7-13-21/h16H,5-15,19H2,1-4H3. The molecule has 0 unspecified atom stereocenters. The molecule has 0 aromatic rings. The zero-order valence-corrected chi connectivity index (χ0v) is 14.8. The molecule has 0 bridgehead atoms. The fourth-order valence-electron chi connectivity index (χ4n) is 4.21. The van der Waals surface area contributed by atoms with Gasteiger partial charge in [0, 0.05) is 18.6 Å². The Morgan fingerprint density at radius 1 is 0.952 bits per heavy atom. The van der Waals surface area contributed by atoms with Crippen molar-refractivity contribution in [2.75, 3.05) is 39.3 Å². The summed E-state index contributed by atoms with van der Waals surface area (Å²) in [7, 11) is 0. The quantitative estimate of drug-likeness (QED) is 0.865. The molecule has 124 valence electrons. The lowest BCUT2D eigenvalue weighted by molar-refractivity contribution is 0.0241. The van der Waals surface area contributed by atoms with Gasteiger partial charge >= 0.3 is 0 Å². The third-order valence-electron chi connectivity index (χ3n) is 5.80. The van der Waals surface area contributed by atoms with Crippen molar-refractivity contribution in [2.45, 2.75) is 65.3 Å². The van der Waals surface area contributed by atoms with Gasteiger partial charge in [-0.2, -0.15) is 0 Å². The fraction of sp³-hybridized carbons (Fsp3) is 1.00. The Morgan fingerprint density at radius 2 is 1.62 bits per heavy atom. The van der Waals surface area contributed by atoms with Crippen LogP contribution < -0.4 is 5.73 Å². The first kappa shape index (κ1) is 17.2. The second-order valence-corrected chi connectivity index (χ2v) is 8.63. The van der Waals surface area contributed by atoms with Crippen LogP contribution in [0.4, 0.5) is 0 Å².